The zero-order valence-electron chi connectivity index (χ0n) is 22.3. The Morgan fingerprint density at radius 2 is 1.92 bits per heavy atom. The fourth-order valence-corrected chi connectivity index (χ4v) is 7.41. The van der Waals surface area contributed by atoms with E-state index >= 15 is 0 Å². The van der Waals surface area contributed by atoms with Gasteiger partial charge in [0, 0.05) is 30.7 Å². The molecule has 1 amide bonds. The number of Topliss-reactive ketones (excluding diaryl/α,β-unsaturated/α-hetero) is 1. The summed E-state index contributed by atoms with van der Waals surface area (Å²) in [4.78, 5) is 40.0. The van der Waals surface area contributed by atoms with Crippen LogP contribution in [0.1, 0.15) is 39.7 Å². The molecule has 2 unspecified atom stereocenters. The number of hydrogen-bond donors (Lipinski definition) is 3. The molecule has 4 aliphatic rings. The first-order valence-corrected chi connectivity index (χ1v) is 13.4. The third kappa shape index (κ3) is 3.96. The summed E-state index contributed by atoms with van der Waals surface area (Å²) in [6.07, 6.45) is 0.350. The van der Waals surface area contributed by atoms with Gasteiger partial charge in [0.2, 0.25) is 5.91 Å². The first kappa shape index (κ1) is 26.8. The molecular formula is C30H37NO7. The Kier molecular flexibility index (Phi) is 6.65. The van der Waals surface area contributed by atoms with Gasteiger partial charge >= 0.3 is 5.97 Å². The lowest BCUT2D eigenvalue weighted by Crippen LogP contribution is -2.62. The van der Waals surface area contributed by atoms with E-state index in [-0.39, 0.29) is 23.7 Å². The molecule has 0 aromatic heterocycles. The average molecular weight is 524 g/mol. The molecule has 204 valence electrons. The summed E-state index contributed by atoms with van der Waals surface area (Å²) in [7, 11) is 0. The van der Waals surface area contributed by atoms with Crippen molar-refractivity contribution in [3.8, 4) is 0 Å². The highest BCUT2D eigenvalue weighted by Crippen LogP contribution is 2.61. The Labute approximate surface area is 223 Å². The minimum absolute atomic E-state index is 0.302. The van der Waals surface area contributed by atoms with Crippen molar-refractivity contribution in [1.29, 1.82) is 0 Å². The van der Waals surface area contributed by atoms with Crippen molar-refractivity contribution in [2.24, 2.45) is 29.1 Å². The molecule has 0 bridgehead atoms. The second-order valence-corrected chi connectivity index (χ2v) is 11.7. The Hall–Kier alpha value is -2.81. The molecule has 38 heavy (non-hydrogen) atoms. The number of amides is 1. The Bertz CT molecular complexity index is 1180. The number of esters is 1. The van der Waals surface area contributed by atoms with Gasteiger partial charge in [0.1, 0.15) is 29.3 Å². The van der Waals surface area contributed by atoms with Gasteiger partial charge < -0.3 is 25.0 Å². The van der Waals surface area contributed by atoms with Crippen LogP contribution in [0, 0.1) is 29.1 Å². The molecule has 0 radical (unpaired) electrons. The molecule has 3 fully saturated rings. The average Bonchev–Trinajstić information content (AvgIpc) is 3.62. The molecule has 1 aromatic carbocycles. The van der Waals surface area contributed by atoms with Crippen LogP contribution in [0.4, 0.5) is 0 Å². The quantitative estimate of drug-likeness (QED) is 0.315. The van der Waals surface area contributed by atoms with Crippen LogP contribution in [0.5, 0.6) is 0 Å². The van der Waals surface area contributed by atoms with Crippen molar-refractivity contribution in [3.05, 3.63) is 60.2 Å². The molecule has 1 aromatic rings. The van der Waals surface area contributed by atoms with E-state index in [1.807, 2.05) is 37.3 Å². The molecule has 3 N–H and O–H groups in total. The number of aliphatic hydroxyl groups excluding tert-OH is 1. The number of carbonyl (C=O) groups excluding carboxylic acids is 3. The number of ketones is 1. The van der Waals surface area contributed by atoms with Gasteiger partial charge in [-0.2, -0.15) is 0 Å². The number of fused-ring (bicyclic) bond motifs is 1. The minimum Gasteiger partial charge on any atom is -0.458 e. The highest BCUT2D eigenvalue weighted by molar-refractivity contribution is 5.91. The van der Waals surface area contributed by atoms with E-state index in [0.29, 0.717) is 18.4 Å². The lowest BCUT2D eigenvalue weighted by molar-refractivity contribution is -0.175. The van der Waals surface area contributed by atoms with Crippen LogP contribution in [0.2, 0.25) is 0 Å². The summed E-state index contributed by atoms with van der Waals surface area (Å²) in [6, 6.07) is 9.48. The predicted octanol–water partition coefficient (Wildman–Crippen LogP) is 2.13. The van der Waals surface area contributed by atoms with Crippen molar-refractivity contribution in [1.82, 2.24) is 5.32 Å². The summed E-state index contributed by atoms with van der Waals surface area (Å²) in [6.45, 7) is 10.6. The van der Waals surface area contributed by atoms with E-state index in [4.69, 9.17) is 9.47 Å². The van der Waals surface area contributed by atoms with E-state index in [9.17, 15) is 24.6 Å². The van der Waals surface area contributed by atoms with Gasteiger partial charge in [-0.1, -0.05) is 62.9 Å². The Morgan fingerprint density at radius 1 is 1.24 bits per heavy atom. The standard InChI is InChI=1S/C30H37NO7/c1-15-10-9-13-20-23(33)17(3)16(2)22-21(14-19-11-7-6-8-12-19)31-28(35)30(20,22)27(37-18(4)32)24-26(38-24)29(5,36)25(15)34/h6-9,11-13,15-16,20-24,26-27,33,36H,3,10,14H2,1-2,4-5H3,(H,31,35)/b13-9+/t15-,16+,20-,21-,22-,23+,24?,26?,27+,29-,30-/m0/s1. The van der Waals surface area contributed by atoms with Crippen molar-refractivity contribution in [2.75, 3.05) is 0 Å². The molecule has 2 heterocycles. The van der Waals surface area contributed by atoms with Gasteiger partial charge in [0.05, 0.1) is 6.10 Å². The molecule has 5 rings (SSSR count). The predicted molar refractivity (Wildman–Crippen MR) is 139 cm³/mol. The number of carbonyl (C=O) groups is 3. The summed E-state index contributed by atoms with van der Waals surface area (Å²) in [5, 5.41) is 26.0. The Balaban J connectivity index is 1.70. The second kappa shape index (κ2) is 9.43. The summed E-state index contributed by atoms with van der Waals surface area (Å²) in [5.74, 6) is -3.34. The SMILES string of the molecule is C=C1[C@@H](C)[C@H]2[C@H](Cc3ccccc3)NC(=O)[C@]23[C@H](OC(C)=O)C2OC2[C@@](C)(O)C(=O)[C@@H](C)C/C=C/[C@H]3[C@@H]1O. The maximum absolute atomic E-state index is 14.3. The third-order valence-corrected chi connectivity index (χ3v) is 9.31. The monoisotopic (exact) mass is 523 g/mol. The third-order valence-electron chi connectivity index (χ3n) is 9.31. The van der Waals surface area contributed by atoms with E-state index in [1.54, 1.807) is 19.1 Å². The number of ether oxygens (including phenoxy) is 2. The highest BCUT2D eigenvalue weighted by Gasteiger charge is 2.74. The number of nitrogens with one attached hydrogen (secondary N) is 1. The van der Waals surface area contributed by atoms with Crippen molar-refractivity contribution >= 4 is 17.7 Å². The highest BCUT2D eigenvalue weighted by atomic mass is 16.6. The van der Waals surface area contributed by atoms with Gasteiger partial charge in [0.25, 0.3) is 0 Å². The molecule has 11 atom stereocenters. The summed E-state index contributed by atoms with van der Waals surface area (Å²) < 4.78 is 11.9. The second-order valence-electron chi connectivity index (χ2n) is 11.7. The van der Waals surface area contributed by atoms with E-state index in [1.165, 1.54) is 13.8 Å². The molecule has 8 nitrogen and oxygen atoms in total. The fraction of sp³-hybridized carbons (Fsp3) is 0.567. The smallest absolute Gasteiger partial charge is 0.303 e. The fourth-order valence-electron chi connectivity index (χ4n) is 7.41. The number of benzene rings is 1. The number of allylic oxidation sites excluding steroid dienone is 1. The molecule has 2 aliphatic heterocycles. The zero-order chi connectivity index (χ0) is 27.6. The van der Waals surface area contributed by atoms with Gasteiger partial charge in [-0.25, -0.2) is 0 Å². The number of aliphatic hydroxyl groups is 2. The lowest BCUT2D eigenvalue weighted by Gasteiger charge is -2.52. The number of rotatable bonds is 3. The molecule has 8 heteroatoms. The topological polar surface area (TPSA) is 125 Å². The van der Waals surface area contributed by atoms with Crippen LogP contribution < -0.4 is 5.32 Å². The summed E-state index contributed by atoms with van der Waals surface area (Å²) in [5.41, 5.74) is -1.60. The molecule has 1 saturated carbocycles. The Morgan fingerprint density at radius 3 is 2.58 bits per heavy atom. The largest absolute Gasteiger partial charge is 0.458 e. The summed E-state index contributed by atoms with van der Waals surface area (Å²) >= 11 is 0. The van der Waals surface area contributed by atoms with Gasteiger partial charge in [-0.15, -0.1) is 0 Å². The van der Waals surface area contributed by atoms with Crippen LogP contribution in [0.25, 0.3) is 0 Å². The van der Waals surface area contributed by atoms with E-state index in [0.717, 1.165) is 5.56 Å². The molecule has 2 aliphatic carbocycles. The van der Waals surface area contributed by atoms with E-state index in [2.05, 4.69) is 11.9 Å². The first-order valence-electron chi connectivity index (χ1n) is 13.4. The van der Waals surface area contributed by atoms with E-state index < -0.39 is 59.2 Å². The van der Waals surface area contributed by atoms with Crippen LogP contribution in [0.3, 0.4) is 0 Å². The van der Waals surface area contributed by atoms with Crippen LogP contribution in [-0.4, -0.2) is 63.9 Å². The lowest BCUT2D eigenvalue weighted by atomic mass is 9.51. The maximum atomic E-state index is 14.3. The van der Waals surface area contributed by atoms with Gasteiger partial charge in [-0.05, 0) is 36.8 Å². The van der Waals surface area contributed by atoms with Crippen LogP contribution in [0.15, 0.2) is 54.6 Å². The first-order chi connectivity index (χ1) is 17.9. The maximum Gasteiger partial charge on any atom is 0.303 e. The molecule has 1 spiro atoms. The van der Waals surface area contributed by atoms with Crippen molar-refractivity contribution < 1.29 is 34.1 Å². The molecular weight excluding hydrogens is 486 g/mol. The number of epoxide rings is 1. The van der Waals surface area contributed by atoms with Crippen LogP contribution >= 0.6 is 0 Å². The van der Waals surface area contributed by atoms with Crippen molar-refractivity contribution in [2.45, 2.75) is 76.6 Å². The normalized spacial score (nSPS) is 45.1. The minimum atomic E-state index is -1.83. The van der Waals surface area contributed by atoms with Gasteiger partial charge in [-0.3, -0.25) is 14.4 Å². The number of hydrogen-bond acceptors (Lipinski definition) is 7. The van der Waals surface area contributed by atoms with Gasteiger partial charge in [0.15, 0.2) is 5.78 Å². The van der Waals surface area contributed by atoms with Crippen LogP contribution in [-0.2, 0) is 30.3 Å². The zero-order valence-corrected chi connectivity index (χ0v) is 22.3. The van der Waals surface area contributed by atoms with Crippen molar-refractivity contribution in [3.63, 3.8) is 0 Å². The molecule has 2 saturated heterocycles.